The van der Waals surface area contributed by atoms with Gasteiger partial charge >= 0.3 is 0 Å². The molecule has 0 bridgehead atoms. The molecule has 0 saturated carbocycles. The van der Waals surface area contributed by atoms with Gasteiger partial charge in [-0.2, -0.15) is 0 Å². The fourth-order valence-corrected chi connectivity index (χ4v) is 3.52. The zero-order valence-corrected chi connectivity index (χ0v) is 12.2. The van der Waals surface area contributed by atoms with Crippen LogP contribution in [-0.4, -0.2) is 29.6 Å². The standard InChI is InChI=1S/C13H12N2O2S2/c1-3-15-11(16)10(17-13(15)18)12-14(2)8-6-4-5-7-9(8)19-12/h4-7H,3H2,1-2H3. The van der Waals surface area contributed by atoms with E-state index in [1.54, 1.807) is 0 Å². The van der Waals surface area contributed by atoms with E-state index in [1.807, 2.05) is 43.1 Å². The largest absolute Gasteiger partial charge is 0.423 e. The summed E-state index contributed by atoms with van der Waals surface area (Å²) in [5.41, 5.74) is 1.08. The molecule has 1 amide bonds. The van der Waals surface area contributed by atoms with Crippen molar-refractivity contribution in [3.8, 4) is 0 Å². The monoisotopic (exact) mass is 292 g/mol. The molecule has 19 heavy (non-hydrogen) atoms. The van der Waals surface area contributed by atoms with Crippen LogP contribution in [0.3, 0.4) is 0 Å². The SMILES string of the molecule is CCN1C(=O)C(=C2Sc3ccccc3N2C)OC1=S. The highest BCUT2D eigenvalue weighted by Gasteiger charge is 2.38. The normalized spacial score (nSPS) is 22.0. The molecule has 0 N–H and O–H groups in total. The summed E-state index contributed by atoms with van der Waals surface area (Å²) in [5, 5.41) is 1.03. The molecule has 0 spiro atoms. The second kappa shape index (κ2) is 4.54. The number of thioether (sulfide) groups is 1. The Kier molecular flexibility index (Phi) is 2.99. The fraction of sp³-hybridized carbons (Fsp3) is 0.231. The third kappa shape index (κ3) is 1.82. The minimum absolute atomic E-state index is 0.158. The van der Waals surface area contributed by atoms with Gasteiger partial charge in [0, 0.05) is 18.5 Å². The van der Waals surface area contributed by atoms with Gasteiger partial charge in [-0.3, -0.25) is 9.69 Å². The molecule has 0 unspecified atom stereocenters. The molecule has 1 aromatic rings. The summed E-state index contributed by atoms with van der Waals surface area (Å²) in [7, 11) is 1.93. The first-order valence-electron chi connectivity index (χ1n) is 5.92. The van der Waals surface area contributed by atoms with Crippen LogP contribution in [0.25, 0.3) is 0 Å². The van der Waals surface area contributed by atoms with Gasteiger partial charge in [0.05, 0.1) is 5.69 Å². The van der Waals surface area contributed by atoms with E-state index in [-0.39, 0.29) is 11.1 Å². The smallest absolute Gasteiger partial charge is 0.299 e. The number of hydrogen-bond donors (Lipinski definition) is 0. The second-order valence-corrected chi connectivity index (χ2v) is 5.56. The minimum atomic E-state index is -0.158. The van der Waals surface area contributed by atoms with Gasteiger partial charge in [-0.1, -0.05) is 23.9 Å². The van der Waals surface area contributed by atoms with Crippen LogP contribution < -0.4 is 4.90 Å². The van der Waals surface area contributed by atoms with Gasteiger partial charge in [0.25, 0.3) is 11.1 Å². The maximum atomic E-state index is 12.2. The summed E-state index contributed by atoms with van der Waals surface area (Å²) < 4.78 is 5.49. The number of para-hydroxylation sites is 1. The number of fused-ring (bicyclic) bond motifs is 1. The Labute approximate surface area is 121 Å². The summed E-state index contributed by atoms with van der Waals surface area (Å²) in [6, 6.07) is 8.00. The van der Waals surface area contributed by atoms with E-state index < -0.39 is 0 Å². The first-order chi connectivity index (χ1) is 9.13. The van der Waals surface area contributed by atoms with Crippen LogP contribution in [0.15, 0.2) is 39.9 Å². The zero-order valence-electron chi connectivity index (χ0n) is 10.5. The molecule has 0 aromatic heterocycles. The topological polar surface area (TPSA) is 32.8 Å². The first kappa shape index (κ1) is 12.5. The number of likely N-dealkylation sites (N-methyl/N-ethyl adjacent to an activating group) is 1. The van der Waals surface area contributed by atoms with Gasteiger partial charge in [-0.15, -0.1) is 0 Å². The lowest BCUT2D eigenvalue weighted by molar-refractivity contribution is -0.122. The average molecular weight is 292 g/mol. The molecule has 2 aliphatic heterocycles. The highest BCUT2D eigenvalue weighted by Crippen LogP contribution is 2.47. The number of ether oxygens (including phenoxy) is 1. The molecule has 1 fully saturated rings. The molecule has 98 valence electrons. The number of carbonyl (C=O) groups excluding carboxylic acids is 1. The number of rotatable bonds is 1. The molecule has 2 aliphatic rings. The lowest BCUT2D eigenvalue weighted by Crippen LogP contribution is -2.28. The first-order valence-corrected chi connectivity index (χ1v) is 7.14. The van der Waals surface area contributed by atoms with Gasteiger partial charge in [0.2, 0.25) is 5.76 Å². The highest BCUT2D eigenvalue weighted by atomic mass is 32.2. The number of carbonyl (C=O) groups is 1. The van der Waals surface area contributed by atoms with Crippen molar-refractivity contribution in [2.45, 2.75) is 11.8 Å². The Morgan fingerprint density at radius 2 is 2.11 bits per heavy atom. The van der Waals surface area contributed by atoms with Crippen molar-refractivity contribution < 1.29 is 9.53 Å². The quantitative estimate of drug-likeness (QED) is 0.587. The van der Waals surface area contributed by atoms with E-state index >= 15 is 0 Å². The third-order valence-electron chi connectivity index (χ3n) is 3.10. The molecule has 1 aromatic carbocycles. The fourth-order valence-electron chi connectivity index (χ4n) is 2.10. The molecule has 6 heteroatoms. The second-order valence-electron chi connectivity index (χ2n) is 4.18. The van der Waals surface area contributed by atoms with Crippen LogP contribution in [-0.2, 0) is 9.53 Å². The number of thiocarbonyl (C=S) groups is 1. The molecular formula is C13H12N2O2S2. The van der Waals surface area contributed by atoms with E-state index in [9.17, 15) is 4.79 Å². The van der Waals surface area contributed by atoms with Crippen molar-refractivity contribution in [3.63, 3.8) is 0 Å². The van der Waals surface area contributed by atoms with Gasteiger partial charge in [0.1, 0.15) is 5.03 Å². The Balaban J connectivity index is 2.03. The highest BCUT2D eigenvalue weighted by molar-refractivity contribution is 8.03. The van der Waals surface area contributed by atoms with E-state index in [0.717, 1.165) is 15.6 Å². The number of anilines is 1. The van der Waals surface area contributed by atoms with Crippen LogP contribution in [0.4, 0.5) is 5.69 Å². The predicted octanol–water partition coefficient (Wildman–Crippen LogP) is 2.56. The predicted molar refractivity (Wildman–Crippen MR) is 78.8 cm³/mol. The van der Waals surface area contributed by atoms with Crippen molar-refractivity contribution in [3.05, 3.63) is 35.1 Å². The molecule has 0 aliphatic carbocycles. The van der Waals surface area contributed by atoms with Gasteiger partial charge in [0.15, 0.2) is 0 Å². The number of hydrogen-bond acceptors (Lipinski definition) is 5. The van der Waals surface area contributed by atoms with Crippen LogP contribution in [0, 0.1) is 0 Å². The van der Waals surface area contributed by atoms with Gasteiger partial charge in [-0.25, -0.2) is 0 Å². The number of benzene rings is 1. The number of amides is 1. The summed E-state index contributed by atoms with van der Waals surface area (Å²) in [4.78, 5) is 16.8. The van der Waals surface area contributed by atoms with Crippen LogP contribution in [0.1, 0.15) is 6.92 Å². The zero-order chi connectivity index (χ0) is 13.6. The molecule has 0 atom stereocenters. The maximum absolute atomic E-state index is 12.2. The van der Waals surface area contributed by atoms with Crippen molar-refractivity contribution in [1.82, 2.24) is 4.90 Å². The van der Waals surface area contributed by atoms with Crippen molar-refractivity contribution in [2.75, 3.05) is 18.5 Å². The van der Waals surface area contributed by atoms with E-state index in [2.05, 4.69) is 0 Å². The van der Waals surface area contributed by atoms with Crippen LogP contribution >= 0.6 is 24.0 Å². The van der Waals surface area contributed by atoms with Crippen LogP contribution in [0.5, 0.6) is 0 Å². The maximum Gasteiger partial charge on any atom is 0.299 e. The van der Waals surface area contributed by atoms with Gasteiger partial charge in [-0.05, 0) is 31.3 Å². The summed E-state index contributed by atoms with van der Waals surface area (Å²) in [5.74, 6) is 0.171. The van der Waals surface area contributed by atoms with E-state index in [0.29, 0.717) is 12.3 Å². The summed E-state index contributed by atoms with van der Waals surface area (Å²) >= 11 is 6.61. The molecule has 3 rings (SSSR count). The molecule has 1 saturated heterocycles. The lowest BCUT2D eigenvalue weighted by atomic mass is 10.3. The Bertz CT molecular complexity index is 612. The van der Waals surface area contributed by atoms with Crippen molar-refractivity contribution in [1.29, 1.82) is 0 Å². The average Bonchev–Trinajstić information content (AvgIpc) is 2.88. The van der Waals surface area contributed by atoms with Crippen molar-refractivity contribution in [2.24, 2.45) is 0 Å². The minimum Gasteiger partial charge on any atom is -0.423 e. The number of nitrogens with zero attached hydrogens (tertiary/aromatic N) is 2. The summed E-state index contributed by atoms with van der Waals surface area (Å²) in [6.45, 7) is 2.40. The van der Waals surface area contributed by atoms with Crippen molar-refractivity contribution >= 4 is 40.7 Å². The van der Waals surface area contributed by atoms with E-state index in [4.69, 9.17) is 17.0 Å². The van der Waals surface area contributed by atoms with Crippen LogP contribution in [0.2, 0.25) is 0 Å². The summed E-state index contributed by atoms with van der Waals surface area (Å²) in [6.07, 6.45) is 0. The molecule has 2 heterocycles. The molecule has 0 radical (unpaired) electrons. The lowest BCUT2D eigenvalue weighted by Gasteiger charge is -2.13. The molecule has 4 nitrogen and oxygen atoms in total. The Hall–Kier alpha value is -1.53. The Morgan fingerprint density at radius 3 is 2.74 bits per heavy atom. The third-order valence-corrected chi connectivity index (χ3v) is 4.62. The van der Waals surface area contributed by atoms with E-state index in [1.165, 1.54) is 16.7 Å². The van der Waals surface area contributed by atoms with Gasteiger partial charge < -0.3 is 9.64 Å². The molecular weight excluding hydrogens is 280 g/mol. The Morgan fingerprint density at radius 1 is 1.37 bits per heavy atom.